The molecule has 1 aromatic heterocycles. The maximum Gasteiger partial charge on any atom is 1.00 e. The number of hydrogen-bond acceptors (Lipinski definition) is 5. The van der Waals surface area contributed by atoms with Gasteiger partial charge in [0.1, 0.15) is 5.82 Å². The van der Waals surface area contributed by atoms with Crippen LogP contribution >= 0.6 is 0 Å². The Hall–Kier alpha value is -0.650. The van der Waals surface area contributed by atoms with Gasteiger partial charge in [-0.2, -0.15) is 4.98 Å². The average Bonchev–Trinajstić information content (AvgIpc) is 2.18. The number of aliphatic carboxylic acids is 1. The van der Waals surface area contributed by atoms with Crippen molar-refractivity contribution in [3.63, 3.8) is 0 Å². The summed E-state index contributed by atoms with van der Waals surface area (Å²) in [5.74, 6) is -0.646. The SMILES string of the molecule is COc1nc(C(C)(C)C(=O)[O-])ncc1C.[Na+]. The third-order valence-corrected chi connectivity index (χ3v) is 2.19. The van der Waals surface area contributed by atoms with Crippen molar-refractivity contribution in [2.24, 2.45) is 0 Å². The van der Waals surface area contributed by atoms with Gasteiger partial charge in [-0.3, -0.25) is 0 Å². The first-order valence-electron chi connectivity index (χ1n) is 4.49. The molecule has 1 aromatic rings. The molecule has 0 spiro atoms. The number of rotatable bonds is 3. The van der Waals surface area contributed by atoms with Crippen molar-refractivity contribution in [1.29, 1.82) is 0 Å². The van der Waals surface area contributed by atoms with E-state index >= 15 is 0 Å². The second kappa shape index (κ2) is 5.61. The summed E-state index contributed by atoms with van der Waals surface area (Å²) in [6.07, 6.45) is 1.53. The van der Waals surface area contributed by atoms with Crippen molar-refractivity contribution in [1.82, 2.24) is 9.97 Å². The van der Waals surface area contributed by atoms with Crippen LogP contribution in [0.2, 0.25) is 0 Å². The maximum absolute atomic E-state index is 10.9. The summed E-state index contributed by atoms with van der Waals surface area (Å²) < 4.78 is 5.00. The van der Waals surface area contributed by atoms with E-state index in [4.69, 9.17) is 4.74 Å². The molecule has 0 saturated carbocycles. The molecular weight excluding hydrogens is 219 g/mol. The average molecular weight is 232 g/mol. The van der Waals surface area contributed by atoms with Gasteiger partial charge in [-0.15, -0.1) is 0 Å². The normalized spacial score (nSPS) is 10.5. The van der Waals surface area contributed by atoms with Crippen molar-refractivity contribution < 1.29 is 44.2 Å². The summed E-state index contributed by atoms with van der Waals surface area (Å²) in [6.45, 7) is 4.77. The number of hydrogen-bond donors (Lipinski definition) is 0. The predicted molar refractivity (Wildman–Crippen MR) is 51.4 cm³/mol. The third kappa shape index (κ3) is 2.93. The number of methoxy groups -OCH3 is 1. The Morgan fingerprint density at radius 1 is 1.50 bits per heavy atom. The number of aromatic nitrogens is 2. The van der Waals surface area contributed by atoms with Gasteiger partial charge < -0.3 is 14.6 Å². The molecule has 0 unspecified atom stereocenters. The van der Waals surface area contributed by atoms with Crippen LogP contribution in [0, 0.1) is 6.92 Å². The molecule has 0 radical (unpaired) electrons. The number of carboxylic acid groups (broad SMARTS) is 1. The molecule has 0 aromatic carbocycles. The van der Waals surface area contributed by atoms with Crippen LogP contribution in [0.4, 0.5) is 0 Å². The molecule has 82 valence electrons. The van der Waals surface area contributed by atoms with Crippen molar-refractivity contribution in [2.75, 3.05) is 7.11 Å². The second-order valence-electron chi connectivity index (χ2n) is 3.80. The standard InChI is InChI=1S/C10H14N2O3.Na/c1-6-5-11-8(12-7(6)15-4)10(2,3)9(13)14;/h5H,1-4H3,(H,13,14);/q;+1/p-1. The van der Waals surface area contributed by atoms with Gasteiger partial charge >= 0.3 is 29.6 Å². The number of aryl methyl sites for hydroxylation is 1. The van der Waals surface area contributed by atoms with E-state index in [0.717, 1.165) is 5.56 Å². The van der Waals surface area contributed by atoms with Crippen molar-refractivity contribution >= 4 is 5.97 Å². The molecule has 0 fully saturated rings. The molecule has 0 aliphatic heterocycles. The minimum atomic E-state index is -1.22. The fraction of sp³-hybridized carbons (Fsp3) is 0.500. The largest absolute Gasteiger partial charge is 1.00 e. The van der Waals surface area contributed by atoms with Crippen molar-refractivity contribution in [3.8, 4) is 5.88 Å². The summed E-state index contributed by atoms with van der Waals surface area (Å²) >= 11 is 0. The smallest absolute Gasteiger partial charge is 0.549 e. The molecule has 0 aliphatic rings. The minimum absolute atomic E-state index is 0. The van der Waals surface area contributed by atoms with Crippen LogP contribution in [0.25, 0.3) is 0 Å². The Morgan fingerprint density at radius 3 is 2.50 bits per heavy atom. The molecule has 0 bridgehead atoms. The molecule has 1 rings (SSSR count). The van der Waals surface area contributed by atoms with E-state index in [1.807, 2.05) is 0 Å². The number of nitrogens with zero attached hydrogens (tertiary/aromatic N) is 2. The van der Waals surface area contributed by atoms with Crippen molar-refractivity contribution in [3.05, 3.63) is 17.6 Å². The van der Waals surface area contributed by atoms with E-state index < -0.39 is 11.4 Å². The zero-order chi connectivity index (χ0) is 11.6. The Bertz CT molecular complexity index is 394. The number of carboxylic acids is 1. The molecule has 0 amide bonds. The first-order valence-corrected chi connectivity index (χ1v) is 4.49. The number of carbonyl (C=O) groups is 1. The van der Waals surface area contributed by atoms with Crippen LogP contribution in [-0.4, -0.2) is 23.0 Å². The van der Waals surface area contributed by atoms with E-state index in [-0.39, 0.29) is 35.4 Å². The molecular formula is C10H13N2NaO3. The third-order valence-electron chi connectivity index (χ3n) is 2.19. The molecule has 0 N–H and O–H groups in total. The first kappa shape index (κ1) is 15.3. The van der Waals surface area contributed by atoms with E-state index in [1.165, 1.54) is 27.2 Å². The Labute approximate surface area is 117 Å². The van der Waals surface area contributed by atoms with Crippen LogP contribution in [0.15, 0.2) is 6.20 Å². The van der Waals surface area contributed by atoms with Gasteiger partial charge in [-0.05, 0) is 20.8 Å². The van der Waals surface area contributed by atoms with Crippen LogP contribution in [0.3, 0.4) is 0 Å². The number of carbonyl (C=O) groups excluding carboxylic acids is 1. The van der Waals surface area contributed by atoms with Crippen molar-refractivity contribution in [2.45, 2.75) is 26.2 Å². The van der Waals surface area contributed by atoms with Gasteiger partial charge in [0.15, 0.2) is 0 Å². The maximum atomic E-state index is 10.9. The van der Waals surface area contributed by atoms with Gasteiger partial charge in [-0.1, -0.05) is 0 Å². The van der Waals surface area contributed by atoms with E-state index in [2.05, 4.69) is 9.97 Å². The van der Waals surface area contributed by atoms with Gasteiger partial charge in [0.05, 0.1) is 18.5 Å². The molecule has 6 heteroatoms. The second-order valence-corrected chi connectivity index (χ2v) is 3.80. The Balaban J connectivity index is 0.00000225. The molecule has 0 atom stereocenters. The van der Waals surface area contributed by atoms with Crippen LogP contribution < -0.4 is 39.4 Å². The molecule has 1 heterocycles. The van der Waals surface area contributed by atoms with Crippen LogP contribution in [0.5, 0.6) is 5.88 Å². The van der Waals surface area contributed by atoms with Gasteiger partial charge in [0, 0.05) is 11.8 Å². The monoisotopic (exact) mass is 232 g/mol. The quantitative estimate of drug-likeness (QED) is 0.514. The minimum Gasteiger partial charge on any atom is -0.549 e. The zero-order valence-corrected chi connectivity index (χ0v) is 12.2. The summed E-state index contributed by atoms with van der Waals surface area (Å²) in [4.78, 5) is 18.9. The topological polar surface area (TPSA) is 75.1 Å². The Morgan fingerprint density at radius 2 is 2.06 bits per heavy atom. The molecule has 5 nitrogen and oxygen atoms in total. The fourth-order valence-electron chi connectivity index (χ4n) is 1.03. The predicted octanol–water partition coefficient (Wildman–Crippen LogP) is -3.17. The summed E-state index contributed by atoms with van der Waals surface area (Å²) in [5.41, 5.74) is -0.462. The van der Waals surface area contributed by atoms with Gasteiger partial charge in [0.25, 0.3) is 0 Å². The van der Waals surface area contributed by atoms with Crippen LogP contribution in [0.1, 0.15) is 25.2 Å². The Kier molecular flexibility index (Phi) is 5.38. The summed E-state index contributed by atoms with van der Waals surface area (Å²) in [5, 5.41) is 10.9. The number of ether oxygens (including phenoxy) is 1. The molecule has 0 saturated heterocycles. The fourth-order valence-corrected chi connectivity index (χ4v) is 1.03. The summed E-state index contributed by atoms with van der Waals surface area (Å²) in [6, 6.07) is 0. The molecule has 16 heavy (non-hydrogen) atoms. The van der Waals surface area contributed by atoms with E-state index in [1.54, 1.807) is 6.92 Å². The first-order chi connectivity index (χ1) is 6.89. The van der Waals surface area contributed by atoms with Crippen LogP contribution in [-0.2, 0) is 10.2 Å². The van der Waals surface area contributed by atoms with Gasteiger partial charge in [-0.25, -0.2) is 4.98 Å². The molecule has 0 aliphatic carbocycles. The zero-order valence-electron chi connectivity index (χ0n) is 10.2. The summed E-state index contributed by atoms with van der Waals surface area (Å²) in [7, 11) is 1.48. The van der Waals surface area contributed by atoms with E-state index in [9.17, 15) is 9.90 Å². The van der Waals surface area contributed by atoms with Gasteiger partial charge in [0.2, 0.25) is 5.88 Å². The van der Waals surface area contributed by atoms with E-state index in [0.29, 0.717) is 5.88 Å².